The minimum absolute atomic E-state index is 0.293. The van der Waals surface area contributed by atoms with Crippen molar-refractivity contribution in [2.45, 2.75) is 19.0 Å². The minimum Gasteiger partial charge on any atom is -0.480 e. The van der Waals surface area contributed by atoms with Gasteiger partial charge in [-0.15, -0.1) is 0 Å². The minimum atomic E-state index is -1.05. The molecule has 1 aromatic carbocycles. The predicted molar refractivity (Wildman–Crippen MR) is 66.3 cm³/mol. The number of carbonyl (C=O) groups is 2. The lowest BCUT2D eigenvalue weighted by atomic mass is 10.0. The third kappa shape index (κ3) is 2.73. The second-order valence-corrected chi connectivity index (χ2v) is 4.53. The molecule has 2 unspecified atom stereocenters. The first-order valence-corrected chi connectivity index (χ1v) is 6.03. The molecule has 0 aromatic heterocycles. The van der Waals surface area contributed by atoms with E-state index >= 15 is 0 Å². The Bertz CT molecular complexity index is 489. The molecular formula is C13H15FN2O3. The van der Waals surface area contributed by atoms with Gasteiger partial charge >= 0.3 is 5.97 Å². The first kappa shape index (κ1) is 13.5. The number of benzene rings is 1. The third-order valence-corrected chi connectivity index (χ3v) is 3.23. The first-order valence-electron chi connectivity index (χ1n) is 6.03. The number of rotatable bonds is 2. The van der Waals surface area contributed by atoms with Crippen molar-refractivity contribution in [2.24, 2.45) is 0 Å². The van der Waals surface area contributed by atoms with Crippen LogP contribution in [0.2, 0.25) is 0 Å². The van der Waals surface area contributed by atoms with Gasteiger partial charge in [0.2, 0.25) is 0 Å². The molecule has 0 spiro atoms. The molecule has 6 heteroatoms. The van der Waals surface area contributed by atoms with Crippen molar-refractivity contribution in [3.8, 4) is 0 Å². The molecule has 0 aliphatic carbocycles. The summed E-state index contributed by atoms with van der Waals surface area (Å²) in [6, 6.07) is 3.87. The summed E-state index contributed by atoms with van der Waals surface area (Å²) in [5, 5.41) is 12.2. The lowest BCUT2D eigenvalue weighted by Gasteiger charge is -2.38. The van der Waals surface area contributed by atoms with Gasteiger partial charge in [-0.2, -0.15) is 0 Å². The molecule has 5 nitrogen and oxygen atoms in total. The summed E-state index contributed by atoms with van der Waals surface area (Å²) in [5.41, 5.74) is 0.293. The van der Waals surface area contributed by atoms with Gasteiger partial charge in [0.25, 0.3) is 5.91 Å². The van der Waals surface area contributed by atoms with Crippen LogP contribution in [-0.4, -0.2) is 47.1 Å². The lowest BCUT2D eigenvalue weighted by Crippen LogP contribution is -2.61. The Morgan fingerprint density at radius 3 is 2.58 bits per heavy atom. The highest BCUT2D eigenvalue weighted by molar-refractivity contribution is 5.96. The molecule has 1 aliphatic heterocycles. The molecule has 102 valence electrons. The van der Waals surface area contributed by atoms with Gasteiger partial charge in [0.15, 0.2) is 0 Å². The van der Waals surface area contributed by atoms with E-state index in [4.69, 9.17) is 0 Å². The van der Waals surface area contributed by atoms with Crippen molar-refractivity contribution in [1.82, 2.24) is 10.2 Å². The third-order valence-electron chi connectivity index (χ3n) is 3.23. The van der Waals surface area contributed by atoms with E-state index in [1.807, 2.05) is 0 Å². The monoisotopic (exact) mass is 266 g/mol. The first-order chi connectivity index (χ1) is 9.00. The summed E-state index contributed by atoms with van der Waals surface area (Å²) in [7, 11) is 0. The summed E-state index contributed by atoms with van der Waals surface area (Å²) in [4.78, 5) is 24.9. The Hall–Kier alpha value is -1.95. The van der Waals surface area contributed by atoms with Crippen molar-refractivity contribution >= 4 is 11.9 Å². The van der Waals surface area contributed by atoms with Crippen LogP contribution >= 0.6 is 0 Å². The normalized spacial score (nSPS) is 23.2. The zero-order valence-corrected chi connectivity index (χ0v) is 10.5. The van der Waals surface area contributed by atoms with E-state index in [0.717, 1.165) is 0 Å². The maximum atomic E-state index is 12.8. The van der Waals surface area contributed by atoms with Crippen molar-refractivity contribution in [3.63, 3.8) is 0 Å². The molecule has 1 amide bonds. The number of halogens is 1. The molecule has 0 saturated carbocycles. The maximum Gasteiger partial charge on any atom is 0.328 e. The van der Waals surface area contributed by atoms with E-state index in [-0.39, 0.29) is 11.9 Å². The number of amides is 1. The number of carboxylic acids is 1. The molecule has 1 heterocycles. The lowest BCUT2D eigenvalue weighted by molar-refractivity contribution is -0.144. The quantitative estimate of drug-likeness (QED) is 0.827. The van der Waals surface area contributed by atoms with Crippen LogP contribution in [0, 0.1) is 5.82 Å². The van der Waals surface area contributed by atoms with Crippen LogP contribution in [0.5, 0.6) is 0 Å². The van der Waals surface area contributed by atoms with E-state index in [1.54, 1.807) is 6.92 Å². The van der Waals surface area contributed by atoms with Crippen LogP contribution in [0.3, 0.4) is 0 Å². The van der Waals surface area contributed by atoms with Crippen LogP contribution in [0.15, 0.2) is 24.3 Å². The number of nitrogens with zero attached hydrogens (tertiary/aromatic N) is 1. The summed E-state index contributed by atoms with van der Waals surface area (Å²) in [5.74, 6) is -1.86. The smallest absolute Gasteiger partial charge is 0.328 e. The molecular weight excluding hydrogens is 251 g/mol. The highest BCUT2D eigenvalue weighted by atomic mass is 19.1. The van der Waals surface area contributed by atoms with Crippen molar-refractivity contribution in [2.75, 3.05) is 13.1 Å². The second-order valence-electron chi connectivity index (χ2n) is 4.53. The summed E-state index contributed by atoms with van der Waals surface area (Å²) >= 11 is 0. The maximum absolute atomic E-state index is 12.8. The van der Waals surface area contributed by atoms with E-state index in [1.165, 1.54) is 29.2 Å². The van der Waals surface area contributed by atoms with Crippen LogP contribution in [0.4, 0.5) is 4.39 Å². The SMILES string of the molecule is CC1NCCN(C(=O)c2ccc(F)cc2)C1C(=O)O. The number of aliphatic carboxylic acids is 1. The van der Waals surface area contributed by atoms with E-state index in [2.05, 4.69) is 5.32 Å². The Balaban J connectivity index is 2.25. The Kier molecular flexibility index (Phi) is 3.80. The van der Waals surface area contributed by atoms with Gasteiger partial charge in [-0.3, -0.25) is 4.79 Å². The molecule has 2 atom stereocenters. The highest BCUT2D eigenvalue weighted by Crippen LogP contribution is 2.15. The van der Waals surface area contributed by atoms with E-state index in [0.29, 0.717) is 18.7 Å². The summed E-state index contributed by atoms with van der Waals surface area (Å²) in [6.45, 7) is 2.58. The van der Waals surface area contributed by atoms with Gasteiger partial charge < -0.3 is 15.3 Å². The topological polar surface area (TPSA) is 69.6 Å². The zero-order valence-electron chi connectivity index (χ0n) is 10.5. The van der Waals surface area contributed by atoms with Crippen LogP contribution in [0.25, 0.3) is 0 Å². The Morgan fingerprint density at radius 2 is 2.00 bits per heavy atom. The number of hydrogen-bond donors (Lipinski definition) is 2. The van der Waals surface area contributed by atoms with Gasteiger partial charge in [0.05, 0.1) is 0 Å². The van der Waals surface area contributed by atoms with Gasteiger partial charge in [-0.25, -0.2) is 9.18 Å². The number of carboxylic acid groups (broad SMARTS) is 1. The van der Waals surface area contributed by atoms with Crippen LogP contribution in [0.1, 0.15) is 17.3 Å². The number of carbonyl (C=O) groups excluding carboxylic acids is 1. The fraction of sp³-hybridized carbons (Fsp3) is 0.385. The molecule has 1 saturated heterocycles. The molecule has 19 heavy (non-hydrogen) atoms. The van der Waals surface area contributed by atoms with Gasteiger partial charge in [0.1, 0.15) is 11.9 Å². The van der Waals surface area contributed by atoms with Crippen molar-refractivity contribution < 1.29 is 19.1 Å². The standard InChI is InChI=1S/C13H15FN2O3/c1-8-11(13(18)19)16(7-6-15-8)12(17)9-2-4-10(14)5-3-9/h2-5,8,11,15H,6-7H2,1H3,(H,18,19). The largest absolute Gasteiger partial charge is 0.480 e. The summed E-state index contributed by atoms with van der Waals surface area (Å²) < 4.78 is 12.8. The highest BCUT2D eigenvalue weighted by Gasteiger charge is 2.37. The molecule has 1 aliphatic rings. The predicted octanol–water partition coefficient (Wildman–Crippen LogP) is 0.713. The van der Waals surface area contributed by atoms with Gasteiger partial charge in [0, 0.05) is 24.7 Å². The average molecular weight is 266 g/mol. The Morgan fingerprint density at radius 1 is 1.37 bits per heavy atom. The average Bonchev–Trinajstić information content (AvgIpc) is 2.38. The number of piperazine rings is 1. The van der Waals surface area contributed by atoms with Gasteiger partial charge in [-0.05, 0) is 31.2 Å². The second kappa shape index (κ2) is 5.36. The molecule has 2 N–H and O–H groups in total. The summed E-state index contributed by atoms with van der Waals surface area (Å²) in [6.07, 6.45) is 0. The molecule has 0 bridgehead atoms. The van der Waals surface area contributed by atoms with Crippen LogP contribution in [-0.2, 0) is 4.79 Å². The molecule has 1 fully saturated rings. The molecule has 1 aromatic rings. The Labute approximate surface area is 110 Å². The molecule has 2 rings (SSSR count). The number of hydrogen-bond acceptors (Lipinski definition) is 3. The van der Waals surface area contributed by atoms with Gasteiger partial charge in [-0.1, -0.05) is 0 Å². The van der Waals surface area contributed by atoms with Crippen molar-refractivity contribution in [3.05, 3.63) is 35.6 Å². The van der Waals surface area contributed by atoms with E-state index < -0.39 is 17.8 Å². The molecule has 0 radical (unpaired) electrons. The van der Waals surface area contributed by atoms with Crippen molar-refractivity contribution in [1.29, 1.82) is 0 Å². The number of nitrogens with one attached hydrogen (secondary N) is 1. The fourth-order valence-corrected chi connectivity index (χ4v) is 2.27. The zero-order chi connectivity index (χ0) is 14.0. The van der Waals surface area contributed by atoms with E-state index in [9.17, 15) is 19.1 Å². The van der Waals surface area contributed by atoms with Crippen LogP contribution < -0.4 is 5.32 Å². The fourth-order valence-electron chi connectivity index (χ4n) is 2.27.